The molecule has 0 bridgehead atoms. The molecule has 0 amide bonds. The smallest absolute Gasteiger partial charge is 0.216 e. The van der Waals surface area contributed by atoms with E-state index in [4.69, 9.17) is 14.6 Å². The fraction of sp³-hybridized carbons (Fsp3) is 0.500. The van der Waals surface area contributed by atoms with Crippen molar-refractivity contribution in [3.05, 3.63) is 35.8 Å². The Morgan fingerprint density at radius 3 is 3.00 bits per heavy atom. The minimum absolute atomic E-state index is 0.454. The van der Waals surface area contributed by atoms with Crippen LogP contribution < -0.4 is 10.1 Å². The van der Waals surface area contributed by atoms with Gasteiger partial charge in [0, 0.05) is 42.4 Å². The Bertz CT molecular complexity index is 1070. The highest BCUT2D eigenvalue weighted by Crippen LogP contribution is 2.33. The van der Waals surface area contributed by atoms with Crippen molar-refractivity contribution < 1.29 is 9.47 Å². The van der Waals surface area contributed by atoms with E-state index in [9.17, 15) is 0 Å². The first kappa shape index (κ1) is 20.0. The summed E-state index contributed by atoms with van der Waals surface area (Å²) in [6, 6.07) is 2.04. The molecule has 31 heavy (non-hydrogen) atoms. The molecular weight excluding hydrogens is 394 g/mol. The van der Waals surface area contributed by atoms with Gasteiger partial charge in [-0.3, -0.25) is 4.68 Å². The minimum atomic E-state index is 0.454. The van der Waals surface area contributed by atoms with Crippen LogP contribution in [-0.2, 0) is 17.7 Å². The van der Waals surface area contributed by atoms with Gasteiger partial charge in [0.25, 0.3) is 0 Å². The number of hydrogen-bond donors (Lipinski definition) is 1. The molecule has 5 rings (SSSR count). The lowest BCUT2D eigenvalue weighted by Gasteiger charge is -2.10. The van der Waals surface area contributed by atoms with Crippen molar-refractivity contribution in [1.82, 2.24) is 29.4 Å². The Labute approximate surface area is 182 Å². The van der Waals surface area contributed by atoms with Crippen LogP contribution in [0.3, 0.4) is 0 Å². The van der Waals surface area contributed by atoms with Gasteiger partial charge in [0.1, 0.15) is 18.2 Å². The van der Waals surface area contributed by atoms with Crippen molar-refractivity contribution in [3.8, 4) is 22.8 Å². The highest BCUT2D eigenvalue weighted by atomic mass is 16.5. The molecule has 0 unspecified atom stereocenters. The first-order chi connectivity index (χ1) is 15.1. The molecule has 1 saturated heterocycles. The first-order valence-electron chi connectivity index (χ1n) is 10.8. The van der Waals surface area contributed by atoms with E-state index in [2.05, 4.69) is 38.2 Å². The van der Waals surface area contributed by atoms with Crippen LogP contribution in [0, 0.1) is 12.8 Å². The van der Waals surface area contributed by atoms with Gasteiger partial charge in [0.05, 0.1) is 31.8 Å². The van der Waals surface area contributed by atoms with Crippen LogP contribution in [0.1, 0.15) is 17.5 Å². The van der Waals surface area contributed by atoms with E-state index in [-0.39, 0.29) is 0 Å². The Morgan fingerprint density at radius 2 is 2.23 bits per heavy atom. The molecule has 3 aromatic rings. The Morgan fingerprint density at radius 1 is 1.32 bits per heavy atom. The van der Waals surface area contributed by atoms with Crippen molar-refractivity contribution in [2.75, 3.05) is 45.9 Å². The highest BCUT2D eigenvalue weighted by Gasteiger charge is 2.24. The zero-order valence-electron chi connectivity index (χ0n) is 18.3. The summed E-state index contributed by atoms with van der Waals surface area (Å²) in [5.74, 6) is 2.22. The van der Waals surface area contributed by atoms with E-state index in [0.29, 0.717) is 25.1 Å². The minimum Gasteiger partial charge on any atom is -0.481 e. The normalized spacial score (nSPS) is 19.1. The molecule has 9 nitrogen and oxygen atoms in total. The van der Waals surface area contributed by atoms with Crippen molar-refractivity contribution in [1.29, 1.82) is 0 Å². The van der Waals surface area contributed by atoms with Crippen LogP contribution in [0.15, 0.2) is 24.7 Å². The molecule has 164 valence electrons. The van der Waals surface area contributed by atoms with Crippen LogP contribution in [0.4, 0.5) is 5.82 Å². The maximum atomic E-state index is 5.67. The van der Waals surface area contributed by atoms with Crippen molar-refractivity contribution in [2.24, 2.45) is 5.92 Å². The third kappa shape index (κ3) is 3.90. The number of fused-ring (bicyclic) bond motifs is 1. The van der Waals surface area contributed by atoms with E-state index >= 15 is 0 Å². The number of methoxy groups -OCH3 is 1. The summed E-state index contributed by atoms with van der Waals surface area (Å²) in [7, 11) is 3.81. The zero-order chi connectivity index (χ0) is 21.4. The molecule has 1 atom stereocenters. The summed E-state index contributed by atoms with van der Waals surface area (Å²) in [5, 5.41) is 13.0. The summed E-state index contributed by atoms with van der Waals surface area (Å²) in [4.78, 5) is 6.81. The van der Waals surface area contributed by atoms with E-state index in [1.54, 1.807) is 13.3 Å². The number of rotatable bonds is 5. The quantitative estimate of drug-likeness (QED) is 0.674. The van der Waals surface area contributed by atoms with Gasteiger partial charge < -0.3 is 19.7 Å². The third-order valence-electron chi connectivity index (χ3n) is 6.12. The SMILES string of the molecule is COc1ncc(-n2nc(-c3cnn(C[C@H]4CCN(C)C4)c3)c3c2NCOCC3)cc1C. The molecule has 2 aliphatic rings. The molecule has 2 aliphatic heterocycles. The van der Waals surface area contributed by atoms with Crippen molar-refractivity contribution in [3.63, 3.8) is 0 Å². The maximum Gasteiger partial charge on any atom is 0.216 e. The summed E-state index contributed by atoms with van der Waals surface area (Å²) in [6.07, 6.45) is 7.85. The topological polar surface area (TPSA) is 82.3 Å². The molecule has 0 saturated carbocycles. The number of ether oxygens (including phenoxy) is 2. The van der Waals surface area contributed by atoms with Gasteiger partial charge in [0.15, 0.2) is 0 Å². The number of likely N-dealkylation sites (tertiary alicyclic amines) is 1. The number of hydrogen-bond acceptors (Lipinski definition) is 7. The second-order valence-electron chi connectivity index (χ2n) is 8.45. The van der Waals surface area contributed by atoms with E-state index in [1.807, 2.05) is 23.9 Å². The van der Waals surface area contributed by atoms with E-state index in [1.165, 1.54) is 6.42 Å². The van der Waals surface area contributed by atoms with Crippen molar-refractivity contribution >= 4 is 5.82 Å². The largest absolute Gasteiger partial charge is 0.481 e. The maximum absolute atomic E-state index is 5.67. The molecule has 0 radical (unpaired) electrons. The number of nitrogens with zero attached hydrogens (tertiary/aromatic N) is 6. The lowest BCUT2D eigenvalue weighted by molar-refractivity contribution is 0.159. The van der Waals surface area contributed by atoms with Gasteiger partial charge in [-0.1, -0.05) is 0 Å². The standard InChI is InChI=1S/C22H29N7O2/c1-15-8-18(10-23-22(15)30-3)29-21-19(5-7-31-14-24-21)20(26-29)17-9-25-28(13-17)12-16-4-6-27(2)11-16/h8-10,13,16,24H,4-7,11-12,14H2,1-3H3/t16-/m0/s1. The number of aromatic nitrogens is 5. The van der Waals surface area contributed by atoms with Gasteiger partial charge in [-0.25, -0.2) is 9.67 Å². The molecule has 0 aliphatic carbocycles. The van der Waals surface area contributed by atoms with Crippen LogP contribution in [0.2, 0.25) is 0 Å². The predicted molar refractivity (Wildman–Crippen MR) is 118 cm³/mol. The van der Waals surface area contributed by atoms with Gasteiger partial charge in [-0.15, -0.1) is 0 Å². The summed E-state index contributed by atoms with van der Waals surface area (Å²) in [6.45, 7) is 6.33. The number of aryl methyl sites for hydroxylation is 1. The van der Waals surface area contributed by atoms with E-state index < -0.39 is 0 Å². The Kier molecular flexibility index (Phi) is 5.37. The summed E-state index contributed by atoms with van der Waals surface area (Å²) < 4.78 is 15.0. The average molecular weight is 424 g/mol. The Balaban J connectivity index is 1.50. The second-order valence-corrected chi connectivity index (χ2v) is 8.45. The Hall–Kier alpha value is -2.91. The first-order valence-corrected chi connectivity index (χ1v) is 10.8. The predicted octanol–water partition coefficient (Wildman–Crippen LogP) is 2.34. The molecule has 0 aromatic carbocycles. The fourth-order valence-electron chi connectivity index (χ4n) is 4.56. The van der Waals surface area contributed by atoms with Crippen LogP contribution in [0.25, 0.3) is 16.9 Å². The molecule has 1 N–H and O–H groups in total. The van der Waals surface area contributed by atoms with E-state index in [0.717, 1.165) is 59.9 Å². The number of anilines is 1. The molecule has 0 spiro atoms. The van der Waals surface area contributed by atoms with Crippen molar-refractivity contribution in [2.45, 2.75) is 26.3 Å². The van der Waals surface area contributed by atoms with Crippen LogP contribution in [-0.4, -0.2) is 70.0 Å². The lowest BCUT2D eigenvalue weighted by atomic mass is 10.1. The van der Waals surface area contributed by atoms with Gasteiger partial charge in [-0.2, -0.15) is 10.2 Å². The van der Waals surface area contributed by atoms with Crippen LogP contribution >= 0.6 is 0 Å². The molecule has 3 aromatic heterocycles. The number of nitrogens with one attached hydrogen (secondary N) is 1. The zero-order valence-corrected chi connectivity index (χ0v) is 18.3. The molecule has 9 heteroatoms. The molecular formula is C22H29N7O2. The monoisotopic (exact) mass is 423 g/mol. The highest BCUT2D eigenvalue weighted by molar-refractivity contribution is 5.70. The van der Waals surface area contributed by atoms with Gasteiger partial charge in [0.2, 0.25) is 5.88 Å². The third-order valence-corrected chi connectivity index (χ3v) is 6.12. The lowest BCUT2D eigenvalue weighted by Crippen LogP contribution is -2.17. The molecule has 5 heterocycles. The van der Waals surface area contributed by atoms with Gasteiger partial charge >= 0.3 is 0 Å². The second kappa shape index (κ2) is 8.32. The average Bonchev–Trinajstić information content (AvgIpc) is 3.43. The summed E-state index contributed by atoms with van der Waals surface area (Å²) in [5.41, 5.74) is 4.97. The number of pyridine rings is 1. The molecule has 1 fully saturated rings. The fourth-order valence-corrected chi connectivity index (χ4v) is 4.56. The van der Waals surface area contributed by atoms with Crippen LogP contribution in [0.5, 0.6) is 5.88 Å². The van der Waals surface area contributed by atoms with Gasteiger partial charge in [-0.05, 0) is 38.9 Å². The summed E-state index contributed by atoms with van der Waals surface area (Å²) >= 11 is 0.